The van der Waals surface area contributed by atoms with Gasteiger partial charge in [-0.25, -0.2) is 9.18 Å². The third-order valence-electron chi connectivity index (χ3n) is 2.78. The van der Waals surface area contributed by atoms with Gasteiger partial charge < -0.3 is 9.30 Å². The number of ether oxygens (including phenoxy) is 1. The Morgan fingerprint density at radius 2 is 1.86 bits per heavy atom. The molecule has 0 spiro atoms. The lowest BCUT2D eigenvalue weighted by Crippen LogP contribution is -2.18. The summed E-state index contributed by atoms with van der Waals surface area (Å²) in [4.78, 5) is 23.0. The molecule has 0 N–H and O–H groups in total. The summed E-state index contributed by atoms with van der Waals surface area (Å²) < 4.78 is 56.7. The fraction of sp³-hybridized carbons (Fsp3) is 0.143. The van der Waals surface area contributed by atoms with Crippen molar-refractivity contribution in [2.45, 2.75) is 6.18 Å². The van der Waals surface area contributed by atoms with Gasteiger partial charge in [-0.1, -0.05) is 0 Å². The van der Waals surface area contributed by atoms with Gasteiger partial charge in [0.25, 0.3) is 0 Å². The van der Waals surface area contributed by atoms with Crippen LogP contribution in [0.2, 0.25) is 0 Å². The number of hydrogen-bond donors (Lipinski definition) is 0. The van der Waals surface area contributed by atoms with Gasteiger partial charge in [-0.15, -0.1) is 0 Å². The van der Waals surface area contributed by atoms with E-state index in [1.807, 2.05) is 0 Å². The summed E-state index contributed by atoms with van der Waals surface area (Å²) in [5, 5.41) is 0. The second-order valence-corrected chi connectivity index (χ2v) is 4.40. The zero-order valence-electron chi connectivity index (χ0n) is 11.1. The first-order chi connectivity index (χ1) is 10.2. The minimum atomic E-state index is -4.90. The smallest absolute Gasteiger partial charge is 0.419 e. The van der Waals surface area contributed by atoms with E-state index in [2.05, 4.69) is 0 Å². The highest BCUT2D eigenvalue weighted by atomic mass is 19.4. The molecule has 22 heavy (non-hydrogen) atoms. The van der Waals surface area contributed by atoms with Crippen LogP contribution >= 0.6 is 0 Å². The Hall–Kier alpha value is -2.64. The Bertz CT molecular complexity index is 780. The molecule has 0 saturated carbocycles. The first kappa shape index (κ1) is 15.7. The fourth-order valence-electron chi connectivity index (χ4n) is 1.67. The van der Waals surface area contributed by atoms with Gasteiger partial charge in [-0.05, 0) is 24.3 Å². The number of carbonyl (C=O) groups is 1. The lowest BCUT2D eigenvalue weighted by atomic mass is 10.2. The molecule has 2 aromatic rings. The highest BCUT2D eigenvalue weighted by Gasteiger charge is 2.34. The summed E-state index contributed by atoms with van der Waals surface area (Å²) in [5.41, 5.74) is -1.92. The summed E-state index contributed by atoms with van der Waals surface area (Å²) >= 11 is 0. The molecule has 0 aliphatic carbocycles. The Labute approximate surface area is 121 Å². The summed E-state index contributed by atoms with van der Waals surface area (Å²) in [6.07, 6.45) is -3.72. The van der Waals surface area contributed by atoms with E-state index in [1.165, 1.54) is 19.3 Å². The molecule has 0 bridgehead atoms. The summed E-state index contributed by atoms with van der Waals surface area (Å²) in [6.45, 7) is 0. The van der Waals surface area contributed by atoms with Crippen LogP contribution in [0.3, 0.4) is 0 Å². The van der Waals surface area contributed by atoms with Gasteiger partial charge in [0.05, 0.1) is 11.1 Å². The van der Waals surface area contributed by atoms with E-state index in [-0.39, 0.29) is 11.1 Å². The molecule has 0 atom stereocenters. The van der Waals surface area contributed by atoms with E-state index in [9.17, 15) is 27.2 Å². The van der Waals surface area contributed by atoms with Gasteiger partial charge >= 0.3 is 12.1 Å². The van der Waals surface area contributed by atoms with Crippen molar-refractivity contribution in [3.05, 3.63) is 63.8 Å². The average Bonchev–Trinajstić information content (AvgIpc) is 2.42. The summed E-state index contributed by atoms with van der Waals surface area (Å²) in [6, 6.07) is 4.16. The number of nitrogens with zero attached hydrogens (tertiary/aromatic N) is 1. The number of aryl methyl sites for hydroxylation is 1. The normalized spacial score (nSPS) is 11.3. The quantitative estimate of drug-likeness (QED) is 0.486. The van der Waals surface area contributed by atoms with Crippen LogP contribution in [0.15, 0.2) is 41.3 Å². The third-order valence-corrected chi connectivity index (χ3v) is 2.78. The Kier molecular flexibility index (Phi) is 4.03. The average molecular weight is 315 g/mol. The molecule has 1 aromatic heterocycles. The van der Waals surface area contributed by atoms with Crippen molar-refractivity contribution in [2.75, 3.05) is 0 Å². The molecule has 0 unspecified atom stereocenters. The number of carbonyl (C=O) groups excluding carboxylic acids is 1. The maximum absolute atomic E-state index is 13.1. The summed E-state index contributed by atoms with van der Waals surface area (Å²) in [7, 11) is 1.40. The summed E-state index contributed by atoms with van der Waals surface area (Å²) in [5.74, 6) is -2.88. The highest BCUT2D eigenvalue weighted by Crippen LogP contribution is 2.33. The van der Waals surface area contributed by atoms with Gasteiger partial charge in [0.15, 0.2) is 0 Å². The van der Waals surface area contributed by atoms with Crippen LogP contribution < -0.4 is 10.3 Å². The van der Waals surface area contributed by atoms with E-state index in [0.29, 0.717) is 12.1 Å². The van der Waals surface area contributed by atoms with Gasteiger partial charge in [0, 0.05) is 19.3 Å². The zero-order valence-corrected chi connectivity index (χ0v) is 11.1. The lowest BCUT2D eigenvalue weighted by Gasteiger charge is -2.10. The monoisotopic (exact) mass is 315 g/mol. The van der Waals surface area contributed by atoms with Crippen molar-refractivity contribution in [2.24, 2.45) is 7.05 Å². The molecular weight excluding hydrogens is 306 g/mol. The van der Waals surface area contributed by atoms with E-state index in [4.69, 9.17) is 4.74 Å². The topological polar surface area (TPSA) is 48.3 Å². The number of rotatable bonds is 2. The van der Waals surface area contributed by atoms with Gasteiger partial charge in [0.1, 0.15) is 11.6 Å². The maximum Gasteiger partial charge on any atom is 0.419 e. The van der Waals surface area contributed by atoms with Gasteiger partial charge in [-0.2, -0.15) is 13.2 Å². The number of alkyl halides is 3. The van der Waals surface area contributed by atoms with Gasteiger partial charge in [0.2, 0.25) is 5.56 Å². The molecule has 0 aliphatic heterocycles. The fourth-order valence-corrected chi connectivity index (χ4v) is 1.67. The third kappa shape index (κ3) is 3.33. The van der Waals surface area contributed by atoms with Crippen LogP contribution in [0.5, 0.6) is 5.75 Å². The number of hydrogen-bond acceptors (Lipinski definition) is 3. The molecule has 0 amide bonds. The number of halogens is 4. The predicted octanol–water partition coefficient (Wildman–Crippen LogP) is 2.76. The molecule has 8 heteroatoms. The molecule has 1 heterocycles. The molecule has 4 nitrogen and oxygen atoms in total. The van der Waals surface area contributed by atoms with Crippen molar-refractivity contribution < 1.29 is 27.1 Å². The first-order valence-electron chi connectivity index (χ1n) is 5.94. The van der Waals surface area contributed by atoms with Crippen LogP contribution in [0.1, 0.15) is 15.9 Å². The van der Waals surface area contributed by atoms with E-state index < -0.39 is 29.3 Å². The van der Waals surface area contributed by atoms with Crippen molar-refractivity contribution in [1.29, 1.82) is 0 Å². The lowest BCUT2D eigenvalue weighted by molar-refractivity contribution is -0.140. The van der Waals surface area contributed by atoms with Crippen molar-refractivity contribution >= 4 is 5.97 Å². The SMILES string of the molecule is Cn1cc(C(=O)Oc2ccc(F)c(C(F)(F)F)c2)ccc1=O. The van der Waals surface area contributed by atoms with Gasteiger partial charge in [-0.3, -0.25) is 4.79 Å². The minimum Gasteiger partial charge on any atom is -0.423 e. The van der Waals surface area contributed by atoms with Crippen LogP contribution in [0.4, 0.5) is 17.6 Å². The molecular formula is C14H9F4NO3. The highest BCUT2D eigenvalue weighted by molar-refractivity contribution is 5.90. The van der Waals surface area contributed by atoms with Crippen LogP contribution in [-0.4, -0.2) is 10.5 Å². The van der Waals surface area contributed by atoms with Crippen LogP contribution in [0, 0.1) is 5.82 Å². The zero-order chi connectivity index (χ0) is 16.5. The Morgan fingerprint density at radius 1 is 1.18 bits per heavy atom. The van der Waals surface area contributed by atoms with Crippen molar-refractivity contribution in [3.63, 3.8) is 0 Å². The van der Waals surface area contributed by atoms with E-state index in [0.717, 1.165) is 16.7 Å². The molecule has 0 radical (unpaired) electrons. The molecule has 1 aromatic carbocycles. The predicted molar refractivity (Wildman–Crippen MR) is 68.0 cm³/mol. The molecule has 116 valence electrons. The second kappa shape index (κ2) is 5.63. The van der Waals surface area contributed by atoms with Crippen molar-refractivity contribution in [1.82, 2.24) is 4.57 Å². The molecule has 2 rings (SSSR count). The largest absolute Gasteiger partial charge is 0.423 e. The molecule has 0 saturated heterocycles. The van der Waals surface area contributed by atoms with E-state index >= 15 is 0 Å². The minimum absolute atomic E-state index is 0.0278. The Balaban J connectivity index is 2.29. The van der Waals surface area contributed by atoms with E-state index in [1.54, 1.807) is 0 Å². The maximum atomic E-state index is 13.1. The molecule has 0 fully saturated rings. The van der Waals surface area contributed by atoms with Crippen molar-refractivity contribution in [3.8, 4) is 5.75 Å². The Morgan fingerprint density at radius 3 is 2.45 bits per heavy atom. The first-order valence-corrected chi connectivity index (χ1v) is 5.94. The van der Waals surface area contributed by atoms with Crippen LogP contribution in [0.25, 0.3) is 0 Å². The number of pyridine rings is 1. The molecule has 0 aliphatic rings. The number of benzene rings is 1. The standard InChI is InChI=1S/C14H9F4NO3/c1-19-7-8(2-5-12(19)20)13(21)22-9-3-4-11(15)10(6-9)14(16,17)18/h2-7H,1H3. The number of esters is 1. The number of aromatic nitrogens is 1. The van der Waals surface area contributed by atoms with Crippen LogP contribution in [-0.2, 0) is 13.2 Å². The second-order valence-electron chi connectivity index (χ2n) is 4.40.